The number of halogens is 3. The van der Waals surface area contributed by atoms with Crippen LogP contribution >= 0.6 is 10.7 Å². The lowest BCUT2D eigenvalue weighted by molar-refractivity contribution is 0.0313. The molecule has 0 saturated carbocycles. The molecule has 118 valence electrons. The fourth-order valence-electron chi connectivity index (χ4n) is 1.41. The van der Waals surface area contributed by atoms with E-state index in [1.54, 1.807) is 0 Å². The SMILES string of the molecule is CCCOCCOC(=O)c1cc(F)cc(S(=O)(=O)Cl)c1F. The van der Waals surface area contributed by atoms with Crippen molar-refractivity contribution < 1.29 is 31.5 Å². The van der Waals surface area contributed by atoms with Gasteiger partial charge < -0.3 is 9.47 Å². The lowest BCUT2D eigenvalue weighted by atomic mass is 10.2. The zero-order chi connectivity index (χ0) is 16.0. The molecule has 0 N–H and O–H groups in total. The second-order valence-corrected chi connectivity index (χ2v) is 6.49. The molecular weight excluding hydrogens is 330 g/mol. The Bertz CT molecular complexity index is 618. The molecule has 9 heteroatoms. The van der Waals surface area contributed by atoms with Crippen LogP contribution in [0, 0.1) is 11.6 Å². The van der Waals surface area contributed by atoms with Gasteiger partial charge in [0.25, 0.3) is 9.05 Å². The highest BCUT2D eigenvalue weighted by atomic mass is 35.7. The van der Waals surface area contributed by atoms with Crippen LogP contribution in [-0.4, -0.2) is 34.2 Å². The van der Waals surface area contributed by atoms with Crippen LogP contribution in [-0.2, 0) is 18.5 Å². The van der Waals surface area contributed by atoms with Gasteiger partial charge in [-0.25, -0.2) is 22.0 Å². The third-order valence-corrected chi connectivity index (χ3v) is 3.62. The summed E-state index contributed by atoms with van der Waals surface area (Å²) < 4.78 is 59.0. The number of hydrogen-bond acceptors (Lipinski definition) is 5. The molecule has 0 aliphatic heterocycles. The molecule has 21 heavy (non-hydrogen) atoms. The summed E-state index contributed by atoms with van der Waals surface area (Å²) in [5.41, 5.74) is -0.843. The minimum atomic E-state index is -4.52. The highest BCUT2D eigenvalue weighted by Crippen LogP contribution is 2.23. The third-order valence-electron chi connectivity index (χ3n) is 2.30. The summed E-state index contributed by atoms with van der Waals surface area (Å²) in [6, 6.07) is 0.926. The van der Waals surface area contributed by atoms with Gasteiger partial charge in [0.2, 0.25) is 0 Å². The van der Waals surface area contributed by atoms with Gasteiger partial charge in [-0.3, -0.25) is 0 Å². The number of rotatable bonds is 7. The number of carbonyl (C=O) groups excluding carboxylic acids is 1. The average molecular weight is 343 g/mol. The molecule has 0 bridgehead atoms. The molecule has 0 radical (unpaired) electrons. The van der Waals surface area contributed by atoms with Crippen molar-refractivity contribution in [1.82, 2.24) is 0 Å². The molecule has 0 spiro atoms. The molecular formula is C12H13ClF2O5S. The first-order valence-corrected chi connectivity index (χ1v) is 8.27. The van der Waals surface area contributed by atoms with Gasteiger partial charge in [0.1, 0.15) is 17.3 Å². The first kappa shape index (κ1) is 17.8. The van der Waals surface area contributed by atoms with E-state index in [4.69, 9.17) is 15.4 Å². The van der Waals surface area contributed by atoms with Gasteiger partial charge in [0, 0.05) is 17.3 Å². The molecule has 1 rings (SSSR count). The maximum atomic E-state index is 13.9. The van der Waals surface area contributed by atoms with Crippen LogP contribution in [0.5, 0.6) is 0 Å². The molecule has 0 aliphatic rings. The second-order valence-electron chi connectivity index (χ2n) is 3.95. The summed E-state index contributed by atoms with van der Waals surface area (Å²) in [7, 11) is 0.448. The first-order chi connectivity index (χ1) is 9.77. The van der Waals surface area contributed by atoms with Gasteiger partial charge >= 0.3 is 5.97 Å². The topological polar surface area (TPSA) is 69.7 Å². The van der Waals surface area contributed by atoms with Gasteiger partial charge in [-0.15, -0.1) is 0 Å². The Labute approximate surface area is 125 Å². The Balaban J connectivity index is 2.88. The maximum Gasteiger partial charge on any atom is 0.341 e. The standard InChI is InChI=1S/C12H13ClF2O5S/c1-2-3-19-4-5-20-12(16)9-6-8(14)7-10(11(9)15)21(13,17)18/h6-7H,2-5H2,1H3. The molecule has 0 heterocycles. The van der Waals surface area contributed by atoms with Crippen molar-refractivity contribution >= 4 is 25.7 Å². The summed E-state index contributed by atoms with van der Waals surface area (Å²) in [6.45, 7) is 2.29. The van der Waals surface area contributed by atoms with E-state index in [0.717, 1.165) is 6.42 Å². The maximum absolute atomic E-state index is 13.9. The molecule has 0 saturated heterocycles. The Morgan fingerprint density at radius 3 is 2.48 bits per heavy atom. The van der Waals surface area contributed by atoms with E-state index in [2.05, 4.69) is 4.74 Å². The zero-order valence-corrected chi connectivity index (χ0v) is 12.6. The summed E-state index contributed by atoms with van der Waals surface area (Å²) in [6.07, 6.45) is 0.781. The van der Waals surface area contributed by atoms with Crippen molar-refractivity contribution in [3.63, 3.8) is 0 Å². The molecule has 0 amide bonds. The van der Waals surface area contributed by atoms with Crippen molar-refractivity contribution in [2.45, 2.75) is 18.2 Å². The summed E-state index contributed by atoms with van der Waals surface area (Å²) >= 11 is 0. The summed E-state index contributed by atoms with van der Waals surface area (Å²) in [5.74, 6) is -3.77. The van der Waals surface area contributed by atoms with Crippen molar-refractivity contribution in [2.75, 3.05) is 19.8 Å². The Morgan fingerprint density at radius 2 is 1.90 bits per heavy atom. The van der Waals surface area contributed by atoms with E-state index in [1.807, 2.05) is 6.92 Å². The number of esters is 1. The Kier molecular flexibility index (Phi) is 6.50. The fourth-order valence-corrected chi connectivity index (χ4v) is 2.32. The van der Waals surface area contributed by atoms with Crippen molar-refractivity contribution in [3.05, 3.63) is 29.3 Å². The van der Waals surface area contributed by atoms with E-state index >= 15 is 0 Å². The fraction of sp³-hybridized carbons (Fsp3) is 0.417. The van der Waals surface area contributed by atoms with Crippen LogP contribution in [0.2, 0.25) is 0 Å². The number of ether oxygens (including phenoxy) is 2. The number of hydrogen-bond donors (Lipinski definition) is 0. The largest absolute Gasteiger partial charge is 0.460 e. The Morgan fingerprint density at radius 1 is 1.24 bits per heavy atom. The predicted octanol–water partition coefficient (Wildman–Crippen LogP) is 2.48. The molecule has 5 nitrogen and oxygen atoms in total. The van der Waals surface area contributed by atoms with E-state index in [9.17, 15) is 22.0 Å². The Hall–Kier alpha value is -1.25. The molecule has 1 aromatic carbocycles. The first-order valence-electron chi connectivity index (χ1n) is 5.96. The van der Waals surface area contributed by atoms with Gasteiger partial charge in [0.05, 0.1) is 12.2 Å². The molecule has 0 aliphatic carbocycles. The normalized spacial score (nSPS) is 11.4. The second kappa shape index (κ2) is 7.67. The monoisotopic (exact) mass is 342 g/mol. The van der Waals surface area contributed by atoms with E-state index in [0.29, 0.717) is 18.7 Å². The lowest BCUT2D eigenvalue weighted by Gasteiger charge is -2.08. The average Bonchev–Trinajstić information content (AvgIpc) is 2.39. The van der Waals surface area contributed by atoms with Crippen molar-refractivity contribution in [1.29, 1.82) is 0 Å². The summed E-state index contributed by atoms with van der Waals surface area (Å²) in [5, 5.41) is 0. The number of benzene rings is 1. The zero-order valence-electron chi connectivity index (χ0n) is 11.1. The van der Waals surface area contributed by atoms with Crippen LogP contribution in [0.4, 0.5) is 8.78 Å². The lowest BCUT2D eigenvalue weighted by Crippen LogP contribution is -2.14. The minimum Gasteiger partial charge on any atom is -0.460 e. The van der Waals surface area contributed by atoms with Gasteiger partial charge in [-0.1, -0.05) is 6.92 Å². The van der Waals surface area contributed by atoms with Crippen LogP contribution < -0.4 is 0 Å². The van der Waals surface area contributed by atoms with Crippen molar-refractivity contribution in [3.8, 4) is 0 Å². The number of carbonyl (C=O) groups is 1. The quantitative estimate of drug-likeness (QED) is 0.432. The molecule has 0 fully saturated rings. The molecule has 0 atom stereocenters. The van der Waals surface area contributed by atoms with E-state index in [1.165, 1.54) is 0 Å². The van der Waals surface area contributed by atoms with Gasteiger partial charge in [0.15, 0.2) is 5.82 Å². The molecule has 0 aromatic heterocycles. The molecule has 1 aromatic rings. The van der Waals surface area contributed by atoms with E-state index < -0.39 is 37.1 Å². The van der Waals surface area contributed by atoms with Crippen molar-refractivity contribution in [2.24, 2.45) is 0 Å². The van der Waals surface area contributed by atoms with Crippen LogP contribution in [0.3, 0.4) is 0 Å². The highest BCUT2D eigenvalue weighted by molar-refractivity contribution is 8.13. The van der Waals surface area contributed by atoms with Crippen LogP contribution in [0.1, 0.15) is 23.7 Å². The highest BCUT2D eigenvalue weighted by Gasteiger charge is 2.25. The van der Waals surface area contributed by atoms with Crippen LogP contribution in [0.15, 0.2) is 17.0 Å². The third kappa shape index (κ3) is 5.22. The smallest absolute Gasteiger partial charge is 0.341 e. The van der Waals surface area contributed by atoms with Gasteiger partial charge in [-0.05, 0) is 18.6 Å². The van der Waals surface area contributed by atoms with Gasteiger partial charge in [-0.2, -0.15) is 0 Å². The summed E-state index contributed by atoms with van der Waals surface area (Å²) in [4.78, 5) is 10.5. The molecule has 0 unspecified atom stereocenters. The van der Waals surface area contributed by atoms with Crippen LogP contribution in [0.25, 0.3) is 0 Å². The van der Waals surface area contributed by atoms with E-state index in [-0.39, 0.29) is 13.2 Å². The predicted molar refractivity (Wildman–Crippen MR) is 70.8 cm³/mol. The minimum absolute atomic E-state index is 0.0944.